The fourth-order valence-electron chi connectivity index (χ4n) is 3.70. The number of hydrogen-bond donors (Lipinski definition) is 0. The first-order valence-electron chi connectivity index (χ1n) is 8.30. The quantitative estimate of drug-likeness (QED) is 0.868. The van der Waals surface area contributed by atoms with E-state index in [0.717, 1.165) is 26.2 Å². The molecule has 0 saturated carbocycles. The van der Waals surface area contributed by atoms with E-state index >= 15 is 0 Å². The number of nitrogens with zero attached hydrogens (tertiary/aromatic N) is 2. The predicted octanol–water partition coefficient (Wildman–Crippen LogP) is 3.45. The largest absolute Gasteiger partial charge is 0.378 e. The number of benzene rings is 1. The van der Waals surface area contributed by atoms with Crippen molar-refractivity contribution in [2.75, 3.05) is 13.2 Å². The smallest absolute Gasteiger partial charge is 0.0658 e. The van der Waals surface area contributed by atoms with Crippen molar-refractivity contribution in [1.82, 2.24) is 9.88 Å². The van der Waals surface area contributed by atoms with Crippen LogP contribution < -0.4 is 0 Å². The number of fused-ring (bicyclic) bond motifs is 2. The number of ether oxygens (including phenoxy) is 1. The number of pyridine rings is 1. The van der Waals surface area contributed by atoms with Crippen LogP contribution in [0, 0.1) is 6.92 Å². The van der Waals surface area contributed by atoms with Crippen LogP contribution in [0.2, 0.25) is 0 Å². The molecule has 1 fully saturated rings. The van der Waals surface area contributed by atoms with Crippen LogP contribution in [0.15, 0.2) is 54.9 Å². The highest BCUT2D eigenvalue weighted by Gasteiger charge is 2.35. The molecule has 118 valence electrons. The second-order valence-corrected chi connectivity index (χ2v) is 6.50. The zero-order valence-electron chi connectivity index (χ0n) is 13.5. The Morgan fingerprint density at radius 1 is 1.17 bits per heavy atom. The van der Waals surface area contributed by atoms with Gasteiger partial charge in [-0.2, -0.15) is 0 Å². The number of rotatable bonds is 3. The predicted molar refractivity (Wildman–Crippen MR) is 91.9 cm³/mol. The molecule has 1 saturated heterocycles. The molecule has 3 nitrogen and oxygen atoms in total. The minimum Gasteiger partial charge on any atom is -0.378 e. The van der Waals surface area contributed by atoms with E-state index in [1.807, 2.05) is 12.4 Å². The van der Waals surface area contributed by atoms with Crippen molar-refractivity contribution in [3.8, 4) is 0 Å². The maximum atomic E-state index is 5.82. The third-order valence-electron chi connectivity index (χ3n) is 4.94. The van der Waals surface area contributed by atoms with E-state index in [4.69, 9.17) is 4.74 Å². The standard InChI is InChI=1S/C20H22N2O/c1-15-7-8-21-11-20(15)17-9-18-13-23-14-19(10-17)22(18)12-16-5-3-2-4-6-16/h2-9,11,18-19H,10,12-14H2,1H3. The zero-order chi connectivity index (χ0) is 15.6. The first-order valence-corrected chi connectivity index (χ1v) is 8.30. The molecule has 2 unspecified atom stereocenters. The Morgan fingerprint density at radius 2 is 2.04 bits per heavy atom. The number of aromatic nitrogens is 1. The monoisotopic (exact) mass is 306 g/mol. The molecule has 0 radical (unpaired) electrons. The van der Waals surface area contributed by atoms with Gasteiger partial charge in [0.05, 0.1) is 19.3 Å². The maximum absolute atomic E-state index is 5.82. The average Bonchev–Trinajstić information content (AvgIpc) is 2.56. The number of morpholine rings is 1. The van der Waals surface area contributed by atoms with Crippen molar-refractivity contribution in [3.63, 3.8) is 0 Å². The van der Waals surface area contributed by atoms with Gasteiger partial charge in [0, 0.05) is 25.0 Å². The molecule has 4 rings (SSSR count). The second-order valence-electron chi connectivity index (χ2n) is 6.50. The van der Waals surface area contributed by atoms with Gasteiger partial charge in [0.2, 0.25) is 0 Å². The van der Waals surface area contributed by atoms with Gasteiger partial charge in [-0.25, -0.2) is 0 Å². The summed E-state index contributed by atoms with van der Waals surface area (Å²) in [6.45, 7) is 4.77. The van der Waals surface area contributed by atoms with Crippen molar-refractivity contribution in [2.24, 2.45) is 0 Å². The van der Waals surface area contributed by atoms with Gasteiger partial charge in [-0.3, -0.25) is 9.88 Å². The average molecular weight is 306 g/mol. The summed E-state index contributed by atoms with van der Waals surface area (Å²) in [6.07, 6.45) is 7.30. The van der Waals surface area contributed by atoms with Crippen LogP contribution in [-0.4, -0.2) is 35.2 Å². The lowest BCUT2D eigenvalue weighted by Crippen LogP contribution is -2.53. The van der Waals surface area contributed by atoms with Crippen molar-refractivity contribution >= 4 is 5.57 Å². The van der Waals surface area contributed by atoms with Gasteiger partial charge in [-0.15, -0.1) is 0 Å². The Kier molecular flexibility index (Phi) is 3.98. The van der Waals surface area contributed by atoms with Gasteiger partial charge < -0.3 is 4.74 Å². The van der Waals surface area contributed by atoms with Crippen molar-refractivity contribution < 1.29 is 4.74 Å². The summed E-state index contributed by atoms with van der Waals surface area (Å²) in [5.41, 5.74) is 5.41. The van der Waals surface area contributed by atoms with Gasteiger partial charge in [0.15, 0.2) is 0 Å². The van der Waals surface area contributed by atoms with E-state index in [0.29, 0.717) is 12.1 Å². The topological polar surface area (TPSA) is 25.4 Å². The van der Waals surface area contributed by atoms with E-state index in [1.54, 1.807) is 0 Å². The van der Waals surface area contributed by atoms with E-state index < -0.39 is 0 Å². The van der Waals surface area contributed by atoms with Crippen LogP contribution in [0.3, 0.4) is 0 Å². The molecule has 3 heterocycles. The molecule has 23 heavy (non-hydrogen) atoms. The summed E-state index contributed by atoms with van der Waals surface area (Å²) in [6, 6.07) is 13.6. The zero-order valence-corrected chi connectivity index (χ0v) is 13.5. The summed E-state index contributed by atoms with van der Waals surface area (Å²) in [5, 5.41) is 0. The van der Waals surface area contributed by atoms with Crippen molar-refractivity contribution in [1.29, 1.82) is 0 Å². The molecule has 0 aliphatic carbocycles. The fourth-order valence-corrected chi connectivity index (χ4v) is 3.70. The molecule has 3 heteroatoms. The lowest BCUT2D eigenvalue weighted by Gasteiger charge is -2.45. The Labute approximate surface area is 137 Å². The molecule has 0 N–H and O–H groups in total. The molecule has 2 aliphatic rings. The lowest BCUT2D eigenvalue weighted by molar-refractivity contribution is -0.0402. The molecule has 1 aromatic carbocycles. The van der Waals surface area contributed by atoms with E-state index in [1.165, 1.54) is 22.3 Å². The van der Waals surface area contributed by atoms with Crippen molar-refractivity contribution in [3.05, 3.63) is 71.6 Å². The van der Waals surface area contributed by atoms with Crippen LogP contribution in [0.25, 0.3) is 5.57 Å². The number of aryl methyl sites for hydroxylation is 1. The molecule has 0 spiro atoms. The lowest BCUT2D eigenvalue weighted by atomic mass is 9.88. The van der Waals surface area contributed by atoms with Crippen molar-refractivity contribution in [2.45, 2.75) is 32.0 Å². The number of hydrogen-bond acceptors (Lipinski definition) is 3. The maximum Gasteiger partial charge on any atom is 0.0658 e. The first-order chi connectivity index (χ1) is 11.3. The molecule has 2 aromatic rings. The van der Waals surface area contributed by atoms with Crippen LogP contribution in [0.1, 0.15) is 23.1 Å². The minimum atomic E-state index is 0.359. The third-order valence-corrected chi connectivity index (χ3v) is 4.94. The molecular formula is C20H22N2O. The molecule has 1 aromatic heterocycles. The molecule has 2 atom stereocenters. The van der Waals surface area contributed by atoms with Crippen LogP contribution >= 0.6 is 0 Å². The Balaban J connectivity index is 1.62. The summed E-state index contributed by atoms with van der Waals surface area (Å²) in [4.78, 5) is 6.91. The van der Waals surface area contributed by atoms with Gasteiger partial charge in [0.25, 0.3) is 0 Å². The molecule has 2 aliphatic heterocycles. The summed E-state index contributed by atoms with van der Waals surface area (Å²) in [7, 11) is 0. The van der Waals surface area contributed by atoms with Crippen LogP contribution in [0.5, 0.6) is 0 Å². The summed E-state index contributed by atoms with van der Waals surface area (Å²) in [5.74, 6) is 0. The summed E-state index contributed by atoms with van der Waals surface area (Å²) < 4.78 is 5.82. The first kappa shape index (κ1) is 14.6. The van der Waals surface area contributed by atoms with Crippen LogP contribution in [0.4, 0.5) is 0 Å². The Morgan fingerprint density at radius 3 is 2.83 bits per heavy atom. The molecule has 2 bridgehead atoms. The van der Waals surface area contributed by atoms with E-state index in [-0.39, 0.29) is 0 Å². The minimum absolute atomic E-state index is 0.359. The highest BCUT2D eigenvalue weighted by Crippen LogP contribution is 2.34. The van der Waals surface area contributed by atoms with E-state index in [9.17, 15) is 0 Å². The van der Waals surface area contributed by atoms with E-state index in [2.05, 4.69) is 59.3 Å². The van der Waals surface area contributed by atoms with Crippen LogP contribution in [-0.2, 0) is 11.3 Å². The second kappa shape index (κ2) is 6.26. The Hall–Kier alpha value is -1.97. The summed E-state index contributed by atoms with van der Waals surface area (Å²) >= 11 is 0. The highest BCUT2D eigenvalue weighted by atomic mass is 16.5. The molecule has 0 amide bonds. The van der Waals surface area contributed by atoms with Gasteiger partial charge in [-0.1, -0.05) is 36.4 Å². The van der Waals surface area contributed by atoms with Gasteiger partial charge in [-0.05, 0) is 41.7 Å². The SMILES string of the molecule is Cc1ccncc1C1=CC2COCC(C1)N2Cc1ccccc1. The normalized spacial score (nSPS) is 24.3. The third kappa shape index (κ3) is 2.94. The van der Waals surface area contributed by atoms with Gasteiger partial charge >= 0.3 is 0 Å². The van der Waals surface area contributed by atoms with Gasteiger partial charge in [0.1, 0.15) is 0 Å². The highest BCUT2D eigenvalue weighted by molar-refractivity contribution is 5.69. The fraction of sp³-hybridized carbons (Fsp3) is 0.350. The Bertz CT molecular complexity index is 711. The molecular weight excluding hydrogens is 284 g/mol.